The quantitative estimate of drug-likeness (QED) is 0.864. The van der Waals surface area contributed by atoms with Gasteiger partial charge in [0.25, 0.3) is 0 Å². The van der Waals surface area contributed by atoms with Crippen LogP contribution in [0.1, 0.15) is 37.1 Å². The van der Waals surface area contributed by atoms with Gasteiger partial charge in [-0.1, -0.05) is 25.4 Å². The lowest BCUT2D eigenvalue weighted by molar-refractivity contribution is 0.439. The molecule has 18 heavy (non-hydrogen) atoms. The maximum absolute atomic E-state index is 9.04. The largest absolute Gasteiger partial charge is 0.366 e. The van der Waals surface area contributed by atoms with Crippen molar-refractivity contribution < 1.29 is 4.52 Å². The Bertz CT molecular complexity index is 589. The molecule has 2 aromatic rings. The summed E-state index contributed by atoms with van der Waals surface area (Å²) in [5.74, 6) is 0.0668. The van der Waals surface area contributed by atoms with Crippen LogP contribution in [0.5, 0.6) is 0 Å². The number of aromatic nitrogens is 2. The fraction of sp³-hybridized carbons (Fsp3) is 0.385. The Morgan fingerprint density at radius 3 is 2.89 bits per heavy atom. The molecule has 0 atom stereocenters. The van der Waals surface area contributed by atoms with Gasteiger partial charge in [-0.3, -0.25) is 0 Å². The molecule has 94 valence electrons. The zero-order valence-electron chi connectivity index (χ0n) is 10.6. The van der Waals surface area contributed by atoms with Gasteiger partial charge in [0.1, 0.15) is 17.3 Å². The molecule has 0 fully saturated rings. The average molecular weight is 244 g/mol. The van der Waals surface area contributed by atoms with E-state index in [4.69, 9.17) is 15.5 Å². The van der Waals surface area contributed by atoms with E-state index < -0.39 is 0 Å². The van der Waals surface area contributed by atoms with Crippen LogP contribution >= 0.6 is 0 Å². The second-order valence-electron chi connectivity index (χ2n) is 4.17. The number of anilines is 1. The zero-order valence-corrected chi connectivity index (χ0v) is 10.6. The number of H-pyrrole nitrogens is 1. The second kappa shape index (κ2) is 4.96. The highest BCUT2D eigenvalue weighted by atomic mass is 16.5. The first-order valence-corrected chi connectivity index (χ1v) is 6.07. The first-order chi connectivity index (χ1) is 8.71. The summed E-state index contributed by atoms with van der Waals surface area (Å²) in [7, 11) is 0. The highest BCUT2D eigenvalue weighted by molar-refractivity contribution is 5.69. The van der Waals surface area contributed by atoms with E-state index in [2.05, 4.69) is 24.0 Å². The van der Waals surface area contributed by atoms with Crippen LogP contribution in [-0.2, 0) is 12.8 Å². The molecule has 0 spiro atoms. The fourth-order valence-corrected chi connectivity index (χ4v) is 2.05. The Morgan fingerprint density at radius 1 is 1.50 bits per heavy atom. The Balaban J connectivity index is 2.48. The van der Waals surface area contributed by atoms with E-state index in [-0.39, 0.29) is 5.88 Å². The molecule has 0 unspecified atom stereocenters. The Morgan fingerprint density at radius 2 is 2.28 bits per heavy atom. The van der Waals surface area contributed by atoms with Gasteiger partial charge in [-0.25, -0.2) is 0 Å². The second-order valence-corrected chi connectivity index (χ2v) is 4.17. The molecule has 0 aliphatic carbocycles. The molecule has 0 aliphatic heterocycles. The molecule has 2 heterocycles. The molecular formula is C13H16N4O. The average Bonchev–Trinajstić information content (AvgIpc) is 2.93. The Kier molecular flexibility index (Phi) is 3.38. The minimum atomic E-state index is 0.0668. The number of nitrogens with one attached hydrogen (secondary N) is 1. The molecule has 0 amide bonds. The maximum atomic E-state index is 9.04. The SMILES string of the molecule is CCCc1[nH]c(-c2noc(N)c2C#N)cc1CC. The summed E-state index contributed by atoms with van der Waals surface area (Å²) in [6, 6.07) is 4.04. The molecule has 0 saturated carbocycles. The van der Waals surface area contributed by atoms with Gasteiger partial charge in [-0.05, 0) is 24.5 Å². The fourth-order valence-electron chi connectivity index (χ4n) is 2.05. The van der Waals surface area contributed by atoms with Crippen LogP contribution < -0.4 is 5.73 Å². The van der Waals surface area contributed by atoms with Gasteiger partial charge < -0.3 is 15.2 Å². The number of aryl methyl sites for hydroxylation is 2. The van der Waals surface area contributed by atoms with Crippen molar-refractivity contribution in [3.63, 3.8) is 0 Å². The number of nitrogen functional groups attached to an aromatic ring is 1. The van der Waals surface area contributed by atoms with Gasteiger partial charge >= 0.3 is 0 Å². The third-order valence-electron chi connectivity index (χ3n) is 2.96. The lowest BCUT2D eigenvalue weighted by Crippen LogP contribution is -1.89. The molecule has 2 rings (SSSR count). The van der Waals surface area contributed by atoms with Crippen molar-refractivity contribution in [1.82, 2.24) is 10.1 Å². The molecule has 3 N–H and O–H groups in total. The van der Waals surface area contributed by atoms with Crippen molar-refractivity contribution in [3.8, 4) is 17.5 Å². The van der Waals surface area contributed by atoms with Gasteiger partial charge in [0.2, 0.25) is 5.88 Å². The summed E-state index contributed by atoms with van der Waals surface area (Å²) in [6.07, 6.45) is 3.00. The van der Waals surface area contributed by atoms with Crippen LogP contribution in [0.3, 0.4) is 0 Å². The van der Waals surface area contributed by atoms with Crippen LogP contribution in [0.15, 0.2) is 10.6 Å². The normalized spacial score (nSPS) is 10.5. The summed E-state index contributed by atoms with van der Waals surface area (Å²) < 4.78 is 4.87. The van der Waals surface area contributed by atoms with E-state index in [0.717, 1.165) is 25.0 Å². The minimum absolute atomic E-state index is 0.0668. The van der Waals surface area contributed by atoms with Crippen LogP contribution in [0, 0.1) is 11.3 Å². The van der Waals surface area contributed by atoms with E-state index in [1.54, 1.807) is 0 Å². The van der Waals surface area contributed by atoms with Crippen LogP contribution in [-0.4, -0.2) is 10.1 Å². The lowest BCUT2D eigenvalue weighted by atomic mass is 10.1. The van der Waals surface area contributed by atoms with Gasteiger partial charge in [0, 0.05) is 5.69 Å². The number of hydrogen-bond donors (Lipinski definition) is 2. The predicted molar refractivity (Wildman–Crippen MR) is 68.8 cm³/mol. The van der Waals surface area contributed by atoms with Gasteiger partial charge in [-0.15, -0.1) is 0 Å². The molecule has 0 aromatic carbocycles. The van der Waals surface area contributed by atoms with Crippen LogP contribution in [0.2, 0.25) is 0 Å². The van der Waals surface area contributed by atoms with Gasteiger partial charge in [0.15, 0.2) is 0 Å². The van der Waals surface area contributed by atoms with Crippen molar-refractivity contribution in [2.24, 2.45) is 0 Å². The molecule has 0 radical (unpaired) electrons. The van der Waals surface area contributed by atoms with Crippen molar-refractivity contribution >= 4 is 5.88 Å². The number of aromatic amines is 1. The third-order valence-corrected chi connectivity index (χ3v) is 2.96. The first kappa shape index (κ1) is 12.2. The number of nitriles is 1. The first-order valence-electron chi connectivity index (χ1n) is 6.07. The topological polar surface area (TPSA) is 91.6 Å². The minimum Gasteiger partial charge on any atom is -0.366 e. The van der Waals surface area contributed by atoms with Crippen LogP contribution in [0.25, 0.3) is 11.4 Å². The van der Waals surface area contributed by atoms with E-state index >= 15 is 0 Å². The van der Waals surface area contributed by atoms with Crippen molar-refractivity contribution in [2.75, 3.05) is 5.73 Å². The smallest absolute Gasteiger partial charge is 0.240 e. The molecule has 5 nitrogen and oxygen atoms in total. The molecule has 0 saturated heterocycles. The standard InChI is InChI=1S/C13H16N4O/c1-3-5-10-8(4-2)6-11(16-10)12-9(7-14)13(15)18-17-12/h6,16H,3-5,15H2,1-2H3. The lowest BCUT2D eigenvalue weighted by Gasteiger charge is -1.97. The molecule has 0 aliphatic rings. The van der Waals surface area contributed by atoms with E-state index in [1.807, 2.05) is 12.1 Å². The number of nitrogens with zero attached hydrogens (tertiary/aromatic N) is 2. The highest BCUT2D eigenvalue weighted by Crippen LogP contribution is 2.28. The van der Waals surface area contributed by atoms with Gasteiger partial charge in [-0.2, -0.15) is 5.26 Å². The zero-order chi connectivity index (χ0) is 13.1. The summed E-state index contributed by atoms with van der Waals surface area (Å²) in [4.78, 5) is 3.31. The number of hydrogen-bond acceptors (Lipinski definition) is 4. The van der Waals surface area contributed by atoms with Crippen LogP contribution in [0.4, 0.5) is 5.88 Å². The molecular weight excluding hydrogens is 228 g/mol. The molecule has 0 bridgehead atoms. The van der Waals surface area contributed by atoms with Crippen molar-refractivity contribution in [2.45, 2.75) is 33.1 Å². The third kappa shape index (κ3) is 1.97. The summed E-state index contributed by atoms with van der Waals surface area (Å²) >= 11 is 0. The predicted octanol–water partition coefficient (Wildman–Crippen LogP) is 2.64. The maximum Gasteiger partial charge on any atom is 0.240 e. The Hall–Kier alpha value is -2.22. The highest BCUT2D eigenvalue weighted by Gasteiger charge is 2.18. The van der Waals surface area contributed by atoms with E-state index in [1.165, 1.54) is 11.3 Å². The summed E-state index contributed by atoms with van der Waals surface area (Å²) in [5.41, 5.74) is 9.59. The molecule has 2 aromatic heterocycles. The summed E-state index contributed by atoms with van der Waals surface area (Å²) in [5, 5.41) is 12.9. The van der Waals surface area contributed by atoms with Crippen molar-refractivity contribution in [3.05, 3.63) is 22.9 Å². The Labute approximate surface area is 106 Å². The number of rotatable bonds is 4. The van der Waals surface area contributed by atoms with Gasteiger partial charge in [0.05, 0.1) is 5.69 Å². The van der Waals surface area contributed by atoms with Crippen molar-refractivity contribution in [1.29, 1.82) is 5.26 Å². The van der Waals surface area contributed by atoms with E-state index in [0.29, 0.717) is 11.3 Å². The van der Waals surface area contributed by atoms with E-state index in [9.17, 15) is 0 Å². The number of nitrogens with two attached hydrogens (primary N) is 1. The molecule has 5 heteroatoms. The monoisotopic (exact) mass is 244 g/mol. The summed E-state index contributed by atoms with van der Waals surface area (Å²) in [6.45, 7) is 4.24.